The first-order valence-corrected chi connectivity index (χ1v) is 2.72. The van der Waals surface area contributed by atoms with Crippen LogP contribution >= 0.6 is 0 Å². The summed E-state index contributed by atoms with van der Waals surface area (Å²) in [5.41, 5.74) is 0. The average Bonchev–Trinajstić information content (AvgIpc) is 1.81. The molecule has 0 saturated heterocycles. The van der Waals surface area contributed by atoms with Crippen molar-refractivity contribution in [2.24, 2.45) is 0 Å². The van der Waals surface area contributed by atoms with Gasteiger partial charge in [0, 0.05) is 6.54 Å². The fraction of sp³-hybridized carbons (Fsp3) is 0.500. The zero-order chi connectivity index (χ0) is 6.24. The quantitative estimate of drug-likeness (QED) is 0.324. The van der Waals surface area contributed by atoms with Crippen LogP contribution in [0.4, 0.5) is 0 Å². The van der Waals surface area contributed by atoms with E-state index in [1.807, 2.05) is 6.92 Å². The first-order chi connectivity index (χ1) is 3.91. The van der Waals surface area contributed by atoms with Crippen molar-refractivity contribution in [2.45, 2.75) is 6.92 Å². The van der Waals surface area contributed by atoms with E-state index in [0.29, 0.717) is 0 Å². The molecule has 0 atom stereocenters. The van der Waals surface area contributed by atoms with Crippen LogP contribution in [-0.2, 0) is 4.79 Å². The van der Waals surface area contributed by atoms with Gasteiger partial charge in [0.05, 0.1) is 0 Å². The standard InChI is InChI=1S/C6H11NO/c1-2-7-5-3-4-6-8/h3-4,6-7H,2,5H2,1H3/b4-3+. The van der Waals surface area contributed by atoms with E-state index in [-0.39, 0.29) is 0 Å². The van der Waals surface area contributed by atoms with Gasteiger partial charge in [0.1, 0.15) is 6.29 Å². The summed E-state index contributed by atoms with van der Waals surface area (Å²) in [5.74, 6) is 0. The summed E-state index contributed by atoms with van der Waals surface area (Å²) in [7, 11) is 0. The van der Waals surface area contributed by atoms with Crippen LogP contribution in [0.1, 0.15) is 6.92 Å². The largest absolute Gasteiger partial charge is 0.314 e. The molecule has 0 aromatic rings. The van der Waals surface area contributed by atoms with E-state index in [1.54, 1.807) is 6.08 Å². The molecule has 0 unspecified atom stereocenters. The Bertz CT molecular complexity index is 78.6. The molecule has 0 spiro atoms. The number of hydrogen-bond acceptors (Lipinski definition) is 2. The van der Waals surface area contributed by atoms with E-state index in [4.69, 9.17) is 0 Å². The Labute approximate surface area is 49.6 Å². The molecule has 0 amide bonds. The van der Waals surface area contributed by atoms with E-state index in [9.17, 15) is 4.79 Å². The minimum Gasteiger partial charge on any atom is -0.314 e. The van der Waals surface area contributed by atoms with Crippen LogP contribution in [0.3, 0.4) is 0 Å². The van der Waals surface area contributed by atoms with E-state index < -0.39 is 0 Å². The van der Waals surface area contributed by atoms with Gasteiger partial charge in [-0.25, -0.2) is 0 Å². The molecule has 0 aliphatic rings. The van der Waals surface area contributed by atoms with Gasteiger partial charge in [-0.3, -0.25) is 4.79 Å². The summed E-state index contributed by atoms with van der Waals surface area (Å²) in [5, 5.41) is 3.04. The molecule has 2 heteroatoms. The van der Waals surface area contributed by atoms with Crippen LogP contribution in [0.25, 0.3) is 0 Å². The molecular formula is C6H11NO. The van der Waals surface area contributed by atoms with Gasteiger partial charge < -0.3 is 5.32 Å². The van der Waals surface area contributed by atoms with Crippen molar-refractivity contribution in [3.05, 3.63) is 12.2 Å². The summed E-state index contributed by atoms with van der Waals surface area (Å²) < 4.78 is 0. The van der Waals surface area contributed by atoms with Crippen molar-refractivity contribution >= 4 is 6.29 Å². The molecule has 0 radical (unpaired) electrons. The maximum Gasteiger partial charge on any atom is 0.142 e. The van der Waals surface area contributed by atoms with Gasteiger partial charge in [-0.05, 0) is 12.6 Å². The second kappa shape index (κ2) is 6.37. The van der Waals surface area contributed by atoms with Crippen LogP contribution < -0.4 is 5.32 Å². The van der Waals surface area contributed by atoms with Gasteiger partial charge in [-0.2, -0.15) is 0 Å². The lowest BCUT2D eigenvalue weighted by Gasteiger charge is -1.89. The monoisotopic (exact) mass is 113 g/mol. The van der Waals surface area contributed by atoms with Crippen molar-refractivity contribution < 1.29 is 4.79 Å². The molecular weight excluding hydrogens is 102 g/mol. The normalized spacial score (nSPS) is 10.1. The highest BCUT2D eigenvalue weighted by molar-refractivity contribution is 5.64. The molecule has 0 bridgehead atoms. The molecule has 0 aliphatic heterocycles. The lowest BCUT2D eigenvalue weighted by molar-refractivity contribution is -0.104. The molecule has 1 N–H and O–H groups in total. The first kappa shape index (κ1) is 7.37. The third-order valence-corrected chi connectivity index (χ3v) is 0.727. The van der Waals surface area contributed by atoms with E-state index in [1.165, 1.54) is 6.08 Å². The van der Waals surface area contributed by atoms with Gasteiger partial charge in [-0.1, -0.05) is 13.0 Å². The second-order valence-electron chi connectivity index (χ2n) is 1.37. The van der Waals surface area contributed by atoms with Crippen molar-refractivity contribution in [1.29, 1.82) is 0 Å². The Balaban J connectivity index is 2.91. The highest BCUT2D eigenvalue weighted by Crippen LogP contribution is 1.63. The number of rotatable bonds is 4. The Morgan fingerprint density at radius 1 is 1.62 bits per heavy atom. The maximum absolute atomic E-state index is 9.65. The number of aldehydes is 1. The van der Waals surface area contributed by atoms with Crippen LogP contribution in [0, 0.1) is 0 Å². The Morgan fingerprint density at radius 2 is 2.38 bits per heavy atom. The van der Waals surface area contributed by atoms with Gasteiger partial charge in [0.25, 0.3) is 0 Å². The molecule has 8 heavy (non-hydrogen) atoms. The Kier molecular flexibility index (Phi) is 5.87. The van der Waals surface area contributed by atoms with Crippen molar-refractivity contribution in [1.82, 2.24) is 5.32 Å². The number of likely N-dealkylation sites (N-methyl/N-ethyl adjacent to an activating group) is 1. The third-order valence-electron chi connectivity index (χ3n) is 0.727. The van der Waals surface area contributed by atoms with Gasteiger partial charge in [-0.15, -0.1) is 0 Å². The van der Waals surface area contributed by atoms with Crippen LogP contribution in [-0.4, -0.2) is 19.4 Å². The zero-order valence-electron chi connectivity index (χ0n) is 5.05. The second-order valence-corrected chi connectivity index (χ2v) is 1.37. The van der Waals surface area contributed by atoms with Crippen LogP contribution in [0.2, 0.25) is 0 Å². The molecule has 46 valence electrons. The summed E-state index contributed by atoms with van der Waals surface area (Å²) in [4.78, 5) is 9.65. The fourth-order valence-electron chi connectivity index (χ4n) is 0.351. The summed E-state index contributed by atoms with van der Waals surface area (Å²) in [6, 6.07) is 0. The topological polar surface area (TPSA) is 29.1 Å². The van der Waals surface area contributed by atoms with Crippen molar-refractivity contribution in [3.63, 3.8) is 0 Å². The zero-order valence-corrected chi connectivity index (χ0v) is 5.05. The molecule has 2 nitrogen and oxygen atoms in total. The number of hydrogen-bond donors (Lipinski definition) is 1. The molecule has 0 aromatic heterocycles. The Hall–Kier alpha value is -0.630. The number of carbonyl (C=O) groups is 1. The number of nitrogens with one attached hydrogen (secondary N) is 1. The predicted molar refractivity (Wildman–Crippen MR) is 33.7 cm³/mol. The Morgan fingerprint density at radius 3 is 2.88 bits per heavy atom. The smallest absolute Gasteiger partial charge is 0.142 e. The van der Waals surface area contributed by atoms with Gasteiger partial charge >= 0.3 is 0 Å². The average molecular weight is 113 g/mol. The SMILES string of the molecule is CCNC/C=C/C=O. The molecule has 0 heterocycles. The fourth-order valence-corrected chi connectivity index (χ4v) is 0.351. The maximum atomic E-state index is 9.65. The van der Waals surface area contributed by atoms with E-state index >= 15 is 0 Å². The predicted octanol–water partition coefficient (Wildman–Crippen LogP) is 0.351. The first-order valence-electron chi connectivity index (χ1n) is 2.72. The highest BCUT2D eigenvalue weighted by Gasteiger charge is 1.70. The molecule has 0 saturated carbocycles. The molecule has 0 aliphatic carbocycles. The minimum absolute atomic E-state index is 0.775. The summed E-state index contributed by atoms with van der Waals surface area (Å²) >= 11 is 0. The molecule has 0 rings (SSSR count). The van der Waals surface area contributed by atoms with Crippen molar-refractivity contribution in [3.8, 4) is 0 Å². The van der Waals surface area contributed by atoms with Crippen molar-refractivity contribution in [2.75, 3.05) is 13.1 Å². The van der Waals surface area contributed by atoms with E-state index in [0.717, 1.165) is 19.4 Å². The van der Waals surface area contributed by atoms with Crippen LogP contribution in [0.15, 0.2) is 12.2 Å². The third kappa shape index (κ3) is 5.37. The number of allylic oxidation sites excluding steroid dienone is 1. The number of carbonyl (C=O) groups excluding carboxylic acids is 1. The van der Waals surface area contributed by atoms with E-state index in [2.05, 4.69) is 5.32 Å². The lowest BCUT2D eigenvalue weighted by Crippen LogP contribution is -2.11. The van der Waals surface area contributed by atoms with Gasteiger partial charge in [0.2, 0.25) is 0 Å². The lowest BCUT2D eigenvalue weighted by atomic mass is 10.5. The minimum atomic E-state index is 0.775. The molecule has 0 fully saturated rings. The molecule has 0 aromatic carbocycles. The summed E-state index contributed by atoms with van der Waals surface area (Å²) in [6.07, 6.45) is 4.05. The highest BCUT2D eigenvalue weighted by atomic mass is 16.1. The summed E-state index contributed by atoms with van der Waals surface area (Å²) in [6.45, 7) is 3.76. The van der Waals surface area contributed by atoms with Gasteiger partial charge in [0.15, 0.2) is 0 Å². The van der Waals surface area contributed by atoms with Crippen LogP contribution in [0.5, 0.6) is 0 Å².